The van der Waals surface area contributed by atoms with Gasteiger partial charge >= 0.3 is 5.97 Å². The first kappa shape index (κ1) is 17.9. The summed E-state index contributed by atoms with van der Waals surface area (Å²) < 4.78 is 0. The minimum absolute atomic E-state index is 0.0661. The van der Waals surface area contributed by atoms with Crippen LogP contribution in [0.2, 0.25) is 0 Å². The Kier molecular flexibility index (Phi) is 5.92. The highest BCUT2D eigenvalue weighted by Gasteiger charge is 2.35. The molecule has 1 saturated heterocycles. The van der Waals surface area contributed by atoms with E-state index < -0.39 is 23.8 Å². The molecule has 7 nitrogen and oxygen atoms in total. The Labute approximate surface area is 141 Å². The Morgan fingerprint density at radius 1 is 1.33 bits per heavy atom. The zero-order chi connectivity index (χ0) is 17.7. The van der Waals surface area contributed by atoms with Gasteiger partial charge in [0.1, 0.15) is 0 Å². The first-order valence-electron chi connectivity index (χ1n) is 7.89. The molecule has 2 atom stereocenters. The molecule has 1 fully saturated rings. The number of hydrogen-bond donors (Lipinski definition) is 2. The van der Waals surface area contributed by atoms with E-state index in [2.05, 4.69) is 5.32 Å². The molecule has 1 aliphatic rings. The van der Waals surface area contributed by atoms with Crippen molar-refractivity contribution in [3.63, 3.8) is 0 Å². The summed E-state index contributed by atoms with van der Waals surface area (Å²) in [6.45, 7) is 1.62. The van der Waals surface area contributed by atoms with Crippen LogP contribution in [0.3, 0.4) is 0 Å². The summed E-state index contributed by atoms with van der Waals surface area (Å²) in [5, 5.41) is 11.9. The van der Waals surface area contributed by atoms with Gasteiger partial charge in [0, 0.05) is 26.1 Å². The minimum atomic E-state index is -1.12. The van der Waals surface area contributed by atoms with Gasteiger partial charge in [0.15, 0.2) is 6.04 Å². The Balaban J connectivity index is 1.98. The van der Waals surface area contributed by atoms with E-state index in [9.17, 15) is 19.5 Å². The Morgan fingerprint density at radius 3 is 2.58 bits per heavy atom. The molecule has 130 valence electrons. The van der Waals surface area contributed by atoms with E-state index in [1.807, 2.05) is 19.0 Å². The Hall–Kier alpha value is -2.41. The molecule has 1 aliphatic heterocycles. The van der Waals surface area contributed by atoms with Gasteiger partial charge in [-0.3, -0.25) is 9.59 Å². The number of amides is 2. The van der Waals surface area contributed by atoms with E-state index in [-0.39, 0.29) is 12.3 Å². The molecule has 0 radical (unpaired) electrons. The maximum atomic E-state index is 12.4. The summed E-state index contributed by atoms with van der Waals surface area (Å²) in [4.78, 5) is 39.5. The lowest BCUT2D eigenvalue weighted by Crippen LogP contribution is -2.39. The second-order valence-electron chi connectivity index (χ2n) is 6.23. The van der Waals surface area contributed by atoms with Gasteiger partial charge in [0.25, 0.3) is 0 Å². The number of nitrogens with one attached hydrogen (secondary N) is 1. The van der Waals surface area contributed by atoms with Crippen molar-refractivity contribution < 1.29 is 19.5 Å². The third-order valence-corrected chi connectivity index (χ3v) is 4.07. The number of carboxylic acids is 1. The summed E-state index contributed by atoms with van der Waals surface area (Å²) in [6.07, 6.45) is 0.125. The summed E-state index contributed by atoms with van der Waals surface area (Å²) in [7, 11) is 3.84. The number of likely N-dealkylation sites (N-methyl/N-ethyl adjacent to an activating group) is 1. The van der Waals surface area contributed by atoms with Gasteiger partial charge in [-0.25, -0.2) is 4.79 Å². The van der Waals surface area contributed by atoms with Crippen molar-refractivity contribution in [3.05, 3.63) is 35.9 Å². The van der Waals surface area contributed by atoms with Crippen LogP contribution in [-0.4, -0.2) is 66.4 Å². The molecule has 1 aromatic carbocycles. The number of benzene rings is 1. The van der Waals surface area contributed by atoms with Crippen molar-refractivity contribution >= 4 is 17.8 Å². The van der Waals surface area contributed by atoms with E-state index >= 15 is 0 Å². The molecular weight excluding hydrogens is 310 g/mol. The predicted molar refractivity (Wildman–Crippen MR) is 88.2 cm³/mol. The topological polar surface area (TPSA) is 89.9 Å². The normalized spacial score (nSPS) is 18.7. The molecule has 0 aromatic heterocycles. The Bertz CT molecular complexity index is 603. The van der Waals surface area contributed by atoms with Gasteiger partial charge in [-0.1, -0.05) is 30.3 Å². The van der Waals surface area contributed by atoms with Crippen LogP contribution in [0.5, 0.6) is 0 Å². The fourth-order valence-electron chi connectivity index (χ4n) is 2.68. The van der Waals surface area contributed by atoms with E-state index in [4.69, 9.17) is 0 Å². The number of hydrogen-bond acceptors (Lipinski definition) is 4. The van der Waals surface area contributed by atoms with Crippen LogP contribution in [-0.2, 0) is 14.4 Å². The second kappa shape index (κ2) is 7.92. The monoisotopic (exact) mass is 333 g/mol. The number of likely N-dealkylation sites (tertiary alicyclic amines) is 1. The second-order valence-corrected chi connectivity index (χ2v) is 6.23. The molecule has 7 heteroatoms. The number of rotatable bonds is 7. The maximum absolute atomic E-state index is 12.4. The SMILES string of the molecule is CN(C)CCN1CC(C(=O)N[C@@H](C(=O)O)c2ccccc2)CC1=O. The minimum Gasteiger partial charge on any atom is -0.479 e. The number of carboxylic acid groups (broad SMARTS) is 1. The third kappa shape index (κ3) is 4.55. The number of aliphatic carboxylic acids is 1. The standard InChI is InChI=1S/C17H23N3O4/c1-19(2)8-9-20-11-13(10-14(20)21)16(22)18-15(17(23)24)12-6-4-3-5-7-12/h3-7,13,15H,8-11H2,1-2H3,(H,18,22)(H,23,24)/t13?,15-/m1/s1. The van der Waals surface area contributed by atoms with Crippen molar-refractivity contribution in [3.8, 4) is 0 Å². The average Bonchev–Trinajstić information content (AvgIpc) is 2.92. The fraction of sp³-hybridized carbons (Fsp3) is 0.471. The highest BCUT2D eigenvalue weighted by atomic mass is 16.4. The summed E-state index contributed by atoms with van der Waals surface area (Å²) >= 11 is 0. The molecule has 1 heterocycles. The van der Waals surface area contributed by atoms with Gasteiger partial charge in [-0.15, -0.1) is 0 Å². The van der Waals surface area contributed by atoms with E-state index in [0.717, 1.165) is 6.54 Å². The fourth-order valence-corrected chi connectivity index (χ4v) is 2.68. The molecular formula is C17H23N3O4. The summed E-state index contributed by atoms with van der Waals surface area (Å²) in [5.74, 6) is -2.09. The third-order valence-electron chi connectivity index (χ3n) is 4.07. The zero-order valence-corrected chi connectivity index (χ0v) is 13.9. The summed E-state index contributed by atoms with van der Waals surface area (Å²) in [6, 6.07) is 7.43. The highest BCUT2D eigenvalue weighted by molar-refractivity contribution is 5.91. The Morgan fingerprint density at radius 2 is 2.00 bits per heavy atom. The van der Waals surface area contributed by atoms with Gasteiger partial charge in [0.05, 0.1) is 5.92 Å². The van der Waals surface area contributed by atoms with E-state index in [1.165, 1.54) is 0 Å². The largest absolute Gasteiger partial charge is 0.479 e. The molecule has 0 bridgehead atoms. The van der Waals surface area contributed by atoms with Gasteiger partial charge < -0.3 is 20.2 Å². The van der Waals surface area contributed by atoms with Crippen molar-refractivity contribution in [1.82, 2.24) is 15.1 Å². The lowest BCUT2D eigenvalue weighted by molar-refractivity contribution is -0.142. The first-order chi connectivity index (χ1) is 11.4. The van der Waals surface area contributed by atoms with Crippen LogP contribution >= 0.6 is 0 Å². The van der Waals surface area contributed by atoms with Gasteiger partial charge in [0.2, 0.25) is 11.8 Å². The lowest BCUT2D eigenvalue weighted by atomic mass is 10.0. The van der Waals surface area contributed by atoms with Crippen molar-refractivity contribution in [2.45, 2.75) is 12.5 Å². The quantitative estimate of drug-likeness (QED) is 0.751. The van der Waals surface area contributed by atoms with Crippen molar-refractivity contribution in [2.75, 3.05) is 33.7 Å². The molecule has 24 heavy (non-hydrogen) atoms. The highest BCUT2D eigenvalue weighted by Crippen LogP contribution is 2.20. The van der Waals surface area contributed by atoms with Crippen LogP contribution in [0.25, 0.3) is 0 Å². The molecule has 0 spiro atoms. The molecule has 2 rings (SSSR count). The van der Waals surface area contributed by atoms with Crippen molar-refractivity contribution in [1.29, 1.82) is 0 Å². The van der Waals surface area contributed by atoms with Crippen LogP contribution in [0.4, 0.5) is 0 Å². The zero-order valence-electron chi connectivity index (χ0n) is 13.9. The molecule has 0 aliphatic carbocycles. The maximum Gasteiger partial charge on any atom is 0.330 e. The molecule has 1 aromatic rings. The van der Waals surface area contributed by atoms with Crippen LogP contribution in [0, 0.1) is 5.92 Å². The van der Waals surface area contributed by atoms with Gasteiger partial charge in [-0.2, -0.15) is 0 Å². The van der Waals surface area contributed by atoms with Gasteiger partial charge in [-0.05, 0) is 19.7 Å². The van der Waals surface area contributed by atoms with E-state index in [1.54, 1.807) is 35.2 Å². The van der Waals surface area contributed by atoms with Crippen molar-refractivity contribution in [2.24, 2.45) is 5.92 Å². The number of carbonyl (C=O) groups is 3. The summed E-state index contributed by atoms with van der Waals surface area (Å²) in [5.41, 5.74) is 0.507. The predicted octanol–water partition coefficient (Wildman–Crippen LogP) is 0.339. The number of nitrogens with zero attached hydrogens (tertiary/aromatic N) is 2. The molecule has 2 N–H and O–H groups in total. The lowest BCUT2D eigenvalue weighted by Gasteiger charge is -2.20. The average molecular weight is 333 g/mol. The molecule has 2 amide bonds. The number of carbonyl (C=O) groups excluding carboxylic acids is 2. The first-order valence-corrected chi connectivity index (χ1v) is 7.89. The molecule has 0 saturated carbocycles. The van der Waals surface area contributed by atoms with Crippen LogP contribution in [0.15, 0.2) is 30.3 Å². The smallest absolute Gasteiger partial charge is 0.330 e. The molecule has 1 unspecified atom stereocenters. The van der Waals surface area contributed by atoms with Crippen LogP contribution < -0.4 is 5.32 Å². The van der Waals surface area contributed by atoms with Crippen LogP contribution in [0.1, 0.15) is 18.0 Å². The van der Waals surface area contributed by atoms with E-state index in [0.29, 0.717) is 18.7 Å².